The second-order valence-electron chi connectivity index (χ2n) is 10.2. The van der Waals surface area contributed by atoms with Crippen LogP contribution < -0.4 is 11.1 Å². The average Bonchev–Trinajstić information content (AvgIpc) is 2.95. The number of hydrogen-bond acceptors (Lipinski definition) is 14. The minimum Gasteiger partial charge on any atom is -0.506 e. The Morgan fingerprint density at radius 1 is 0.729 bits per heavy atom. The first-order chi connectivity index (χ1) is 22.1. The Morgan fingerprint density at radius 3 is 1.90 bits per heavy atom. The molecule has 4 aromatic carbocycles. The molecule has 0 aliphatic heterocycles. The lowest BCUT2D eigenvalue weighted by Gasteiger charge is -2.14. The first-order valence-electron chi connectivity index (χ1n) is 13.2. The number of phenolic OH excluding ortho intramolecular Hbond substituents is 2. The van der Waals surface area contributed by atoms with E-state index in [4.69, 9.17) is 5.73 Å². The first kappa shape index (κ1) is 35.9. The van der Waals surface area contributed by atoms with Crippen molar-refractivity contribution in [1.82, 2.24) is 0 Å². The molecule has 4 aromatic rings. The van der Waals surface area contributed by atoms with Crippen molar-refractivity contribution in [2.75, 3.05) is 5.32 Å². The number of benzene rings is 4. The van der Waals surface area contributed by atoms with Gasteiger partial charge >= 0.3 is 0 Å². The molecular weight excluding hydrogens is 697 g/mol. The number of nitrogens with two attached hydrogens (primary N) is 1. The topological polar surface area (TPSA) is 308 Å². The van der Waals surface area contributed by atoms with Crippen molar-refractivity contribution in [3.63, 3.8) is 0 Å². The molecule has 1 amide bonds. The van der Waals surface area contributed by atoms with Crippen LogP contribution in [0.4, 0.5) is 28.4 Å². The fourth-order valence-corrected chi connectivity index (χ4v) is 6.37. The van der Waals surface area contributed by atoms with E-state index in [1.54, 1.807) is 6.92 Å². The number of azo groups is 2. The molecule has 0 atom stereocenters. The van der Waals surface area contributed by atoms with Gasteiger partial charge in [0.05, 0.1) is 16.3 Å². The van der Waals surface area contributed by atoms with Crippen molar-refractivity contribution in [2.24, 2.45) is 26.2 Å². The van der Waals surface area contributed by atoms with Crippen molar-refractivity contribution in [1.29, 1.82) is 0 Å². The zero-order valence-electron chi connectivity index (χ0n) is 24.9. The highest BCUT2D eigenvalue weighted by molar-refractivity contribution is 7.86. The molecule has 0 fully saturated rings. The number of carbonyl (C=O) groups excluding carboxylic acids is 1. The number of carbonyl (C=O) groups is 1. The molecule has 48 heavy (non-hydrogen) atoms. The highest BCUT2D eigenvalue weighted by Gasteiger charge is 2.26. The van der Waals surface area contributed by atoms with Crippen LogP contribution in [-0.4, -0.2) is 55.0 Å². The summed E-state index contributed by atoms with van der Waals surface area (Å²) in [7, 11) is -14.8. The lowest BCUT2D eigenvalue weighted by atomic mass is 10.1. The van der Waals surface area contributed by atoms with Gasteiger partial charge in [-0.2, -0.15) is 30.4 Å². The Labute approximate surface area is 272 Å². The standard InChI is InChI=1S/C27H26N6O12S3/c1-12-5-23(47(40,41)42)20(7-16(12)11-28)32-30-18-10-22(35)19(4-13(18)2)31-33-26-24(48(43,44)45)8-15-6-17(46(37,38)39)9-21(29-14(3)34)25(15)27(26)36/h4-10,35-36H,11,28H2,1-3H3,(H,29,34)(H,37,38,39)(H,40,41,42)(H,43,44,45). The van der Waals surface area contributed by atoms with Gasteiger partial charge in [-0.25, -0.2) is 0 Å². The molecule has 0 saturated carbocycles. The molecule has 21 heteroatoms. The zero-order chi connectivity index (χ0) is 35.9. The zero-order valence-corrected chi connectivity index (χ0v) is 27.4. The summed E-state index contributed by atoms with van der Waals surface area (Å²) >= 11 is 0. The third-order valence-corrected chi connectivity index (χ3v) is 9.32. The molecule has 0 bridgehead atoms. The highest BCUT2D eigenvalue weighted by atomic mass is 32.2. The van der Waals surface area contributed by atoms with Crippen molar-refractivity contribution < 1.29 is 53.9 Å². The molecule has 8 N–H and O–H groups in total. The van der Waals surface area contributed by atoms with Gasteiger partial charge in [-0.15, -0.1) is 15.3 Å². The van der Waals surface area contributed by atoms with Crippen LogP contribution in [0.25, 0.3) is 10.8 Å². The lowest BCUT2D eigenvalue weighted by Crippen LogP contribution is -2.08. The maximum Gasteiger partial charge on any atom is 0.296 e. The van der Waals surface area contributed by atoms with Crippen molar-refractivity contribution in [3.8, 4) is 11.5 Å². The molecule has 0 aliphatic rings. The van der Waals surface area contributed by atoms with E-state index in [2.05, 4.69) is 25.8 Å². The summed E-state index contributed by atoms with van der Waals surface area (Å²) in [5.74, 6) is -2.33. The molecule has 0 radical (unpaired) electrons. The summed E-state index contributed by atoms with van der Waals surface area (Å²) in [5.41, 5.74) is 5.18. The predicted molar refractivity (Wildman–Crippen MR) is 170 cm³/mol. The van der Waals surface area contributed by atoms with Crippen LogP contribution in [-0.2, 0) is 41.7 Å². The maximum atomic E-state index is 12.3. The van der Waals surface area contributed by atoms with Crippen LogP contribution in [0.5, 0.6) is 11.5 Å². The molecule has 0 heterocycles. The molecule has 254 valence electrons. The maximum absolute atomic E-state index is 12.3. The van der Waals surface area contributed by atoms with Crippen LogP contribution in [0.2, 0.25) is 0 Å². The van der Waals surface area contributed by atoms with E-state index >= 15 is 0 Å². The van der Waals surface area contributed by atoms with Crippen molar-refractivity contribution in [3.05, 3.63) is 59.2 Å². The summed E-state index contributed by atoms with van der Waals surface area (Å²) in [4.78, 5) is 9.45. The number of rotatable bonds is 9. The van der Waals surface area contributed by atoms with E-state index in [1.165, 1.54) is 25.1 Å². The Balaban J connectivity index is 1.85. The number of anilines is 1. The Kier molecular flexibility index (Phi) is 9.70. The smallest absolute Gasteiger partial charge is 0.296 e. The summed E-state index contributed by atoms with van der Waals surface area (Å²) in [5, 5.41) is 38.7. The minimum absolute atomic E-state index is 0.00405. The van der Waals surface area contributed by atoms with Gasteiger partial charge in [-0.1, -0.05) is 0 Å². The van der Waals surface area contributed by atoms with E-state index in [9.17, 15) is 53.9 Å². The first-order valence-corrected chi connectivity index (χ1v) is 17.5. The molecule has 18 nitrogen and oxygen atoms in total. The minimum atomic E-state index is -5.19. The van der Waals surface area contributed by atoms with Gasteiger partial charge in [0.15, 0.2) is 5.75 Å². The van der Waals surface area contributed by atoms with Crippen LogP contribution in [0.3, 0.4) is 0 Å². The van der Waals surface area contributed by atoms with Gasteiger partial charge in [-0.05, 0) is 72.3 Å². The largest absolute Gasteiger partial charge is 0.506 e. The number of nitrogens with one attached hydrogen (secondary N) is 1. The number of nitrogens with zero attached hydrogens (tertiary/aromatic N) is 4. The molecule has 0 aliphatic carbocycles. The number of aryl methyl sites for hydroxylation is 2. The Bertz CT molecular complexity index is 2410. The Morgan fingerprint density at radius 2 is 1.33 bits per heavy atom. The SMILES string of the molecule is CC(=O)Nc1cc(S(=O)(=O)O)cc2cc(S(=O)(=O)O)c(N=Nc3cc(C)c(N=Nc4cc(CN)c(C)cc4S(=O)(=O)O)cc3O)c(O)c12. The van der Waals surface area contributed by atoms with Gasteiger partial charge < -0.3 is 21.3 Å². The van der Waals surface area contributed by atoms with Crippen LogP contribution in [0.15, 0.2) is 77.6 Å². The number of amides is 1. The van der Waals surface area contributed by atoms with Crippen LogP contribution >= 0.6 is 0 Å². The number of aromatic hydroxyl groups is 2. The van der Waals surface area contributed by atoms with Gasteiger partial charge in [-0.3, -0.25) is 18.5 Å². The van der Waals surface area contributed by atoms with Gasteiger partial charge in [0, 0.05) is 24.9 Å². The molecular formula is C27H26N6O12S3. The fraction of sp³-hybridized carbons (Fsp3) is 0.148. The summed E-state index contributed by atoms with van der Waals surface area (Å²) < 4.78 is 101. The van der Waals surface area contributed by atoms with Crippen molar-refractivity contribution >= 4 is 75.5 Å². The quantitative estimate of drug-likeness (QED) is 0.0898. The molecule has 0 saturated heterocycles. The van der Waals surface area contributed by atoms with Crippen molar-refractivity contribution in [2.45, 2.75) is 42.0 Å². The van der Waals surface area contributed by atoms with Crippen LogP contribution in [0.1, 0.15) is 23.6 Å². The number of phenols is 2. The van der Waals surface area contributed by atoms with E-state index in [1.807, 2.05) is 0 Å². The third-order valence-electron chi connectivity index (χ3n) is 6.74. The second kappa shape index (κ2) is 13.0. The Hall–Kier alpha value is -4.90. The normalized spacial score (nSPS) is 12.7. The molecule has 4 rings (SSSR count). The summed E-state index contributed by atoms with van der Waals surface area (Å²) in [6, 6.07) is 7.05. The van der Waals surface area contributed by atoms with E-state index < -0.39 is 68.1 Å². The van der Waals surface area contributed by atoms with E-state index in [-0.39, 0.29) is 45.6 Å². The summed E-state index contributed by atoms with van der Waals surface area (Å²) in [6.07, 6.45) is 0. The lowest BCUT2D eigenvalue weighted by molar-refractivity contribution is -0.114. The molecule has 0 unspecified atom stereocenters. The van der Waals surface area contributed by atoms with Gasteiger partial charge in [0.2, 0.25) is 5.91 Å². The third kappa shape index (κ3) is 7.62. The average molecular weight is 723 g/mol. The fourth-order valence-electron chi connectivity index (χ4n) is 4.48. The van der Waals surface area contributed by atoms with E-state index in [0.717, 1.165) is 31.2 Å². The van der Waals surface area contributed by atoms with E-state index in [0.29, 0.717) is 11.1 Å². The number of fused-ring (bicyclic) bond motifs is 1. The summed E-state index contributed by atoms with van der Waals surface area (Å²) in [6.45, 7) is 4.16. The monoisotopic (exact) mass is 722 g/mol. The van der Waals surface area contributed by atoms with Gasteiger partial charge in [0.25, 0.3) is 30.4 Å². The van der Waals surface area contributed by atoms with Gasteiger partial charge in [0.1, 0.15) is 32.6 Å². The molecule has 0 aromatic heterocycles. The predicted octanol–water partition coefficient (Wildman–Crippen LogP) is 4.86. The number of hydrogen-bond donors (Lipinski definition) is 7. The highest BCUT2D eigenvalue weighted by Crippen LogP contribution is 2.46. The molecule has 0 spiro atoms. The van der Waals surface area contributed by atoms with Crippen LogP contribution in [0, 0.1) is 13.8 Å². The second-order valence-corrected chi connectivity index (χ2v) is 14.4.